The van der Waals surface area contributed by atoms with Crippen molar-refractivity contribution in [1.29, 1.82) is 0 Å². The zero-order chi connectivity index (χ0) is 14.1. The van der Waals surface area contributed by atoms with E-state index in [0.717, 1.165) is 11.4 Å². The van der Waals surface area contributed by atoms with Crippen molar-refractivity contribution in [3.63, 3.8) is 0 Å². The Morgan fingerprint density at radius 1 is 0.842 bits per heavy atom. The predicted octanol–water partition coefficient (Wildman–Crippen LogP) is 2.55. The van der Waals surface area contributed by atoms with Crippen molar-refractivity contribution in [3.8, 4) is 0 Å². The van der Waals surface area contributed by atoms with Gasteiger partial charge in [-0.25, -0.2) is 9.97 Å². The quantitative estimate of drug-likeness (QED) is 0.748. The van der Waals surface area contributed by atoms with Crippen molar-refractivity contribution < 1.29 is 0 Å². The number of aromatic nitrogens is 3. The number of halogens is 1. The molecule has 7 heteroatoms. The van der Waals surface area contributed by atoms with Crippen molar-refractivity contribution in [2.24, 2.45) is 0 Å². The molecule has 2 aromatic rings. The Morgan fingerprint density at radius 2 is 1.42 bits per heavy atom. The predicted molar refractivity (Wildman–Crippen MR) is 80.4 cm³/mol. The fourth-order valence-corrected chi connectivity index (χ4v) is 1.33. The van der Waals surface area contributed by atoms with Crippen molar-refractivity contribution >= 4 is 34.9 Å². The van der Waals surface area contributed by atoms with E-state index in [0.29, 0.717) is 11.9 Å². The number of benzene rings is 1. The van der Waals surface area contributed by atoms with Crippen LogP contribution in [0.2, 0.25) is 0 Å². The second-order valence-electron chi connectivity index (χ2n) is 3.34. The van der Waals surface area contributed by atoms with Crippen LogP contribution in [0.15, 0.2) is 30.6 Å². The van der Waals surface area contributed by atoms with E-state index >= 15 is 0 Å². The lowest BCUT2D eigenvalue weighted by Crippen LogP contribution is -2.02. The molecule has 1 aromatic heterocycles. The largest absolute Gasteiger partial charge is 0.388 e. The van der Waals surface area contributed by atoms with Crippen molar-refractivity contribution in [3.05, 3.63) is 30.6 Å². The van der Waals surface area contributed by atoms with Gasteiger partial charge in [0.25, 0.3) is 0 Å². The average Bonchev–Trinajstić information content (AvgIpc) is 2.50. The molecule has 3 N–H and O–H groups in total. The van der Waals surface area contributed by atoms with Gasteiger partial charge in [0, 0.05) is 31.9 Å². The van der Waals surface area contributed by atoms with E-state index < -0.39 is 0 Å². The number of hydrogen-bond acceptors (Lipinski definition) is 6. The van der Waals surface area contributed by atoms with Gasteiger partial charge in [-0.3, -0.25) is 0 Å². The van der Waals surface area contributed by atoms with Crippen LogP contribution in [0.25, 0.3) is 0 Å². The molecule has 2 rings (SSSR count). The van der Waals surface area contributed by atoms with E-state index in [9.17, 15) is 0 Å². The van der Waals surface area contributed by atoms with Crippen molar-refractivity contribution in [1.82, 2.24) is 15.0 Å². The Hall–Kier alpha value is -2.08. The first-order chi connectivity index (χ1) is 9.31. The highest BCUT2D eigenvalue weighted by atomic mass is 35.5. The summed E-state index contributed by atoms with van der Waals surface area (Å²) in [5, 5.41) is 9.02. The molecule has 1 aromatic carbocycles. The Balaban J connectivity index is 0.000000861. The molecule has 0 spiro atoms. The molecule has 0 unspecified atom stereocenters. The number of alkyl halides is 1. The van der Waals surface area contributed by atoms with E-state index in [-0.39, 0.29) is 0 Å². The summed E-state index contributed by atoms with van der Waals surface area (Å²) in [7, 11) is 3.65. The molecule has 1 heterocycles. The van der Waals surface area contributed by atoms with Gasteiger partial charge >= 0.3 is 0 Å². The SMILES string of the molecule is CCl.CNc1ccc(Nc2ncnc(NC)n2)cc1. The van der Waals surface area contributed by atoms with E-state index in [1.54, 1.807) is 7.05 Å². The maximum absolute atomic E-state index is 4.64. The molecule has 0 saturated heterocycles. The Labute approximate surface area is 117 Å². The van der Waals surface area contributed by atoms with Gasteiger partial charge in [0.2, 0.25) is 11.9 Å². The minimum absolute atomic E-state index is 0.515. The molecule has 0 saturated carbocycles. The minimum atomic E-state index is 0.515. The molecular formula is C12H17ClN6. The van der Waals surface area contributed by atoms with Crippen LogP contribution in [0.5, 0.6) is 0 Å². The Bertz CT molecular complexity index is 488. The highest BCUT2D eigenvalue weighted by Crippen LogP contribution is 2.16. The van der Waals surface area contributed by atoms with E-state index in [1.165, 1.54) is 12.7 Å². The number of anilines is 4. The average molecular weight is 281 g/mol. The number of hydrogen-bond donors (Lipinski definition) is 3. The second kappa shape index (κ2) is 8.10. The van der Waals surface area contributed by atoms with Crippen LogP contribution in [-0.4, -0.2) is 35.4 Å². The maximum atomic E-state index is 4.64. The van der Waals surface area contributed by atoms with Gasteiger partial charge in [0.1, 0.15) is 6.33 Å². The van der Waals surface area contributed by atoms with E-state index in [4.69, 9.17) is 0 Å². The van der Waals surface area contributed by atoms with Gasteiger partial charge < -0.3 is 16.0 Å². The lowest BCUT2D eigenvalue weighted by molar-refractivity contribution is 1.05. The molecule has 0 radical (unpaired) electrons. The van der Waals surface area contributed by atoms with Crippen LogP contribution in [0.4, 0.5) is 23.3 Å². The topological polar surface area (TPSA) is 74.8 Å². The number of nitrogens with zero attached hydrogens (tertiary/aromatic N) is 3. The molecule has 0 aliphatic rings. The second-order valence-corrected chi connectivity index (χ2v) is 3.34. The molecule has 0 aliphatic carbocycles. The van der Waals surface area contributed by atoms with Crippen LogP contribution in [0, 0.1) is 0 Å². The zero-order valence-electron chi connectivity index (χ0n) is 11.1. The van der Waals surface area contributed by atoms with Gasteiger partial charge in [-0.15, -0.1) is 11.6 Å². The van der Waals surface area contributed by atoms with Gasteiger partial charge in [-0.05, 0) is 24.3 Å². The van der Waals surface area contributed by atoms with Gasteiger partial charge in [0.05, 0.1) is 0 Å². The van der Waals surface area contributed by atoms with Crippen molar-refractivity contribution in [2.75, 3.05) is 36.4 Å². The third-order valence-electron chi connectivity index (χ3n) is 2.23. The molecule has 6 nitrogen and oxygen atoms in total. The fourth-order valence-electron chi connectivity index (χ4n) is 1.33. The Morgan fingerprint density at radius 3 is 2.00 bits per heavy atom. The normalized spacial score (nSPS) is 9.05. The van der Waals surface area contributed by atoms with Crippen LogP contribution in [0.3, 0.4) is 0 Å². The maximum Gasteiger partial charge on any atom is 0.231 e. The first-order valence-corrected chi connectivity index (χ1v) is 6.37. The Kier molecular flexibility index (Phi) is 6.38. The van der Waals surface area contributed by atoms with Gasteiger partial charge in [0.15, 0.2) is 0 Å². The minimum Gasteiger partial charge on any atom is -0.388 e. The monoisotopic (exact) mass is 280 g/mol. The third-order valence-corrected chi connectivity index (χ3v) is 2.23. The standard InChI is InChI=1S/C11H14N6.CH3Cl/c1-12-8-3-5-9(6-4-8)16-11-15-7-14-10(13-2)17-11;1-2/h3-7,12H,1-2H3,(H2,13,14,15,16,17);1H3. The smallest absolute Gasteiger partial charge is 0.231 e. The van der Waals surface area contributed by atoms with Crippen molar-refractivity contribution in [2.45, 2.75) is 0 Å². The molecule has 19 heavy (non-hydrogen) atoms. The summed E-state index contributed by atoms with van der Waals surface area (Å²) in [6.07, 6.45) is 2.93. The highest BCUT2D eigenvalue weighted by Gasteiger charge is 1.99. The first kappa shape index (κ1) is 15.0. The molecule has 0 atom stereocenters. The molecule has 102 valence electrons. The summed E-state index contributed by atoms with van der Waals surface area (Å²) in [5.74, 6) is 1.05. The van der Waals surface area contributed by atoms with Crippen LogP contribution >= 0.6 is 11.6 Å². The lowest BCUT2D eigenvalue weighted by Gasteiger charge is -2.06. The first-order valence-electron chi connectivity index (χ1n) is 5.61. The van der Waals surface area contributed by atoms with Gasteiger partial charge in [-0.1, -0.05) is 0 Å². The summed E-state index contributed by atoms with van der Waals surface area (Å²) in [6, 6.07) is 7.86. The molecule has 0 aliphatic heterocycles. The van der Waals surface area contributed by atoms with Gasteiger partial charge in [-0.2, -0.15) is 4.98 Å². The van der Waals surface area contributed by atoms with Crippen LogP contribution in [-0.2, 0) is 0 Å². The third kappa shape index (κ3) is 4.59. The molecule has 0 bridgehead atoms. The summed E-state index contributed by atoms with van der Waals surface area (Å²) in [6.45, 7) is 0. The fraction of sp³-hybridized carbons (Fsp3) is 0.250. The van der Waals surface area contributed by atoms with Crippen LogP contribution < -0.4 is 16.0 Å². The summed E-state index contributed by atoms with van der Waals surface area (Å²) in [4.78, 5) is 12.1. The molecular weight excluding hydrogens is 264 g/mol. The number of nitrogens with one attached hydrogen (secondary N) is 3. The molecule has 0 fully saturated rings. The summed E-state index contributed by atoms with van der Waals surface area (Å²) in [5.41, 5.74) is 1.99. The summed E-state index contributed by atoms with van der Waals surface area (Å²) < 4.78 is 0. The highest BCUT2D eigenvalue weighted by molar-refractivity contribution is 6.15. The van der Waals surface area contributed by atoms with E-state index in [1.807, 2.05) is 31.3 Å². The van der Waals surface area contributed by atoms with E-state index in [2.05, 4.69) is 42.5 Å². The molecule has 0 amide bonds. The lowest BCUT2D eigenvalue weighted by atomic mass is 10.3. The van der Waals surface area contributed by atoms with Crippen LogP contribution in [0.1, 0.15) is 0 Å². The number of rotatable bonds is 4. The zero-order valence-corrected chi connectivity index (χ0v) is 11.9. The summed E-state index contributed by atoms with van der Waals surface area (Å²) >= 11 is 4.64.